The van der Waals surface area contributed by atoms with E-state index in [1.807, 2.05) is 24.3 Å². The smallest absolute Gasteiger partial charge is 0.368 e. The highest BCUT2D eigenvalue weighted by Crippen LogP contribution is 2.25. The van der Waals surface area contributed by atoms with Gasteiger partial charge < -0.3 is 9.57 Å². The molecule has 0 aliphatic carbocycles. The number of oxime groups is 1. The molecule has 22 heavy (non-hydrogen) atoms. The Labute approximate surface area is 132 Å². The fraction of sp³-hybridized carbons (Fsp3) is 0.0588. The Kier molecular flexibility index (Phi) is 3.94. The summed E-state index contributed by atoms with van der Waals surface area (Å²) in [4.78, 5) is 16.8. The van der Waals surface area contributed by atoms with Gasteiger partial charge in [-0.15, -0.1) is 0 Å². The average Bonchev–Trinajstić information content (AvgIpc) is 2.90. The lowest BCUT2D eigenvalue weighted by atomic mass is 10.0. The molecule has 1 aliphatic rings. The highest BCUT2D eigenvalue weighted by Gasteiger charge is 2.27. The third-order valence-corrected chi connectivity index (χ3v) is 3.50. The molecule has 0 amide bonds. The Bertz CT molecular complexity index is 779. The monoisotopic (exact) mass is 313 g/mol. The predicted octanol–water partition coefficient (Wildman–Crippen LogP) is 3.69. The zero-order chi connectivity index (χ0) is 15.5. The molecule has 0 saturated carbocycles. The first-order chi connectivity index (χ1) is 10.7. The third kappa shape index (κ3) is 2.73. The lowest BCUT2D eigenvalue weighted by Gasteiger charge is -2.05. The zero-order valence-corrected chi connectivity index (χ0v) is 12.5. The van der Waals surface area contributed by atoms with Gasteiger partial charge in [-0.05, 0) is 24.3 Å². The van der Waals surface area contributed by atoms with Crippen LogP contribution in [0, 0.1) is 0 Å². The molecule has 0 fully saturated rings. The van der Waals surface area contributed by atoms with Gasteiger partial charge in [-0.25, -0.2) is 4.79 Å². The highest BCUT2D eigenvalue weighted by atomic mass is 35.5. The van der Waals surface area contributed by atoms with Crippen LogP contribution >= 0.6 is 11.6 Å². The second-order valence-corrected chi connectivity index (χ2v) is 5.06. The fourth-order valence-corrected chi connectivity index (χ4v) is 2.29. The van der Waals surface area contributed by atoms with Crippen molar-refractivity contribution in [2.45, 2.75) is 0 Å². The molecule has 3 rings (SSSR count). The van der Waals surface area contributed by atoms with Crippen molar-refractivity contribution in [3.8, 4) is 5.75 Å². The summed E-state index contributed by atoms with van der Waals surface area (Å²) in [6.07, 6.45) is 1.71. The van der Waals surface area contributed by atoms with Crippen molar-refractivity contribution in [2.24, 2.45) is 5.16 Å². The number of carbonyl (C=O) groups is 1. The van der Waals surface area contributed by atoms with Crippen molar-refractivity contribution < 1.29 is 14.4 Å². The second-order valence-electron chi connectivity index (χ2n) is 4.63. The maximum Gasteiger partial charge on any atom is 0.368 e. The van der Waals surface area contributed by atoms with Crippen LogP contribution in [-0.4, -0.2) is 18.8 Å². The molecule has 0 N–H and O–H groups in total. The maximum absolute atomic E-state index is 12.0. The largest absolute Gasteiger partial charge is 0.496 e. The summed E-state index contributed by atoms with van der Waals surface area (Å²) in [6, 6.07) is 14.5. The van der Waals surface area contributed by atoms with Gasteiger partial charge in [0, 0.05) is 16.1 Å². The molecule has 0 saturated heterocycles. The summed E-state index contributed by atoms with van der Waals surface area (Å²) in [7, 11) is 1.58. The van der Waals surface area contributed by atoms with Gasteiger partial charge in [-0.3, -0.25) is 0 Å². The number of hydrogen-bond acceptors (Lipinski definition) is 4. The SMILES string of the molecule is COc1ccccc1/C=C1\C(=O)ON=C1c1ccc(Cl)cc1. The van der Waals surface area contributed by atoms with Crippen LogP contribution in [-0.2, 0) is 9.63 Å². The van der Waals surface area contributed by atoms with Crippen molar-refractivity contribution in [2.75, 3.05) is 7.11 Å². The number of methoxy groups -OCH3 is 1. The van der Waals surface area contributed by atoms with Gasteiger partial charge in [-0.2, -0.15) is 0 Å². The Morgan fingerprint density at radius 2 is 1.86 bits per heavy atom. The van der Waals surface area contributed by atoms with Crippen LogP contribution in [0.5, 0.6) is 5.75 Å². The van der Waals surface area contributed by atoms with Crippen LogP contribution in [0.25, 0.3) is 6.08 Å². The van der Waals surface area contributed by atoms with Gasteiger partial charge in [0.05, 0.1) is 12.7 Å². The van der Waals surface area contributed by atoms with E-state index in [2.05, 4.69) is 5.16 Å². The van der Waals surface area contributed by atoms with Gasteiger partial charge in [0.1, 0.15) is 11.5 Å². The van der Waals surface area contributed by atoms with E-state index in [4.69, 9.17) is 21.2 Å². The van der Waals surface area contributed by atoms with Crippen molar-refractivity contribution in [3.05, 3.63) is 70.3 Å². The average molecular weight is 314 g/mol. The molecule has 4 nitrogen and oxygen atoms in total. The molecular weight excluding hydrogens is 302 g/mol. The zero-order valence-electron chi connectivity index (χ0n) is 11.7. The van der Waals surface area contributed by atoms with Crippen molar-refractivity contribution in [3.63, 3.8) is 0 Å². The molecule has 0 unspecified atom stereocenters. The van der Waals surface area contributed by atoms with Crippen LogP contribution in [0.3, 0.4) is 0 Å². The van der Waals surface area contributed by atoms with Crippen molar-refractivity contribution in [1.29, 1.82) is 0 Å². The molecule has 0 radical (unpaired) electrons. The molecule has 110 valence electrons. The van der Waals surface area contributed by atoms with Crippen LogP contribution in [0.2, 0.25) is 5.02 Å². The second kappa shape index (κ2) is 6.03. The fourth-order valence-electron chi connectivity index (χ4n) is 2.17. The molecular formula is C17H12ClNO3. The highest BCUT2D eigenvalue weighted by molar-refractivity contribution is 6.32. The van der Waals surface area contributed by atoms with Crippen molar-refractivity contribution >= 4 is 29.4 Å². The quantitative estimate of drug-likeness (QED) is 0.641. The first-order valence-corrected chi connectivity index (χ1v) is 6.97. The lowest BCUT2D eigenvalue weighted by molar-refractivity contribution is -0.136. The number of rotatable bonds is 3. The molecule has 0 atom stereocenters. The predicted molar refractivity (Wildman–Crippen MR) is 85.1 cm³/mol. The van der Waals surface area contributed by atoms with Crippen molar-refractivity contribution in [1.82, 2.24) is 0 Å². The van der Waals surface area contributed by atoms with E-state index in [0.717, 1.165) is 11.1 Å². The summed E-state index contributed by atoms with van der Waals surface area (Å²) in [6.45, 7) is 0. The van der Waals surface area contributed by atoms with E-state index in [1.165, 1.54) is 0 Å². The molecule has 5 heteroatoms. The summed E-state index contributed by atoms with van der Waals surface area (Å²) >= 11 is 5.88. The number of halogens is 1. The standard InChI is InChI=1S/C17H12ClNO3/c1-21-15-5-3-2-4-12(15)10-14-16(19-22-17(14)20)11-6-8-13(18)9-7-11/h2-10H,1H3/b14-10-. The summed E-state index contributed by atoms with van der Waals surface area (Å²) in [5, 5.41) is 4.48. The van der Waals surface area contributed by atoms with Gasteiger partial charge in [0.15, 0.2) is 0 Å². The minimum Gasteiger partial charge on any atom is -0.496 e. The number of nitrogens with zero attached hydrogens (tertiary/aromatic N) is 1. The Morgan fingerprint density at radius 3 is 2.59 bits per heavy atom. The number of para-hydroxylation sites is 1. The van der Waals surface area contributed by atoms with E-state index < -0.39 is 5.97 Å². The molecule has 0 aromatic heterocycles. The molecule has 1 heterocycles. The van der Waals surface area contributed by atoms with Gasteiger partial charge in [-0.1, -0.05) is 47.1 Å². The number of hydrogen-bond donors (Lipinski definition) is 0. The minimum absolute atomic E-state index is 0.381. The Morgan fingerprint density at radius 1 is 1.14 bits per heavy atom. The van der Waals surface area contributed by atoms with Crippen LogP contribution < -0.4 is 4.74 Å². The molecule has 2 aromatic carbocycles. The lowest BCUT2D eigenvalue weighted by Crippen LogP contribution is -2.07. The van der Waals surface area contributed by atoms with E-state index in [-0.39, 0.29) is 0 Å². The molecule has 2 aromatic rings. The van der Waals surface area contributed by atoms with Gasteiger partial charge in [0.2, 0.25) is 0 Å². The van der Waals surface area contributed by atoms with E-state index in [1.54, 1.807) is 37.5 Å². The molecule has 0 bridgehead atoms. The van der Waals surface area contributed by atoms with E-state index in [0.29, 0.717) is 22.1 Å². The van der Waals surface area contributed by atoms with Gasteiger partial charge >= 0.3 is 5.97 Å². The summed E-state index contributed by atoms with van der Waals surface area (Å²) in [5.74, 6) is 0.181. The van der Waals surface area contributed by atoms with Crippen LogP contribution in [0.1, 0.15) is 11.1 Å². The number of benzene rings is 2. The van der Waals surface area contributed by atoms with E-state index >= 15 is 0 Å². The topological polar surface area (TPSA) is 47.9 Å². The van der Waals surface area contributed by atoms with E-state index in [9.17, 15) is 4.79 Å². The van der Waals surface area contributed by atoms with Crippen LogP contribution in [0.15, 0.2) is 59.3 Å². The molecule has 0 spiro atoms. The Balaban J connectivity index is 2.04. The molecule has 1 aliphatic heterocycles. The van der Waals surface area contributed by atoms with Gasteiger partial charge in [0.25, 0.3) is 0 Å². The first-order valence-electron chi connectivity index (χ1n) is 6.59. The summed E-state index contributed by atoms with van der Waals surface area (Å²) < 4.78 is 5.29. The third-order valence-electron chi connectivity index (χ3n) is 3.25. The number of ether oxygens (including phenoxy) is 1. The Hall–Kier alpha value is -2.59. The first kappa shape index (κ1) is 14.4. The van der Waals surface area contributed by atoms with Crippen LogP contribution in [0.4, 0.5) is 0 Å². The summed E-state index contributed by atoms with van der Waals surface area (Å²) in [5.41, 5.74) is 2.40. The maximum atomic E-state index is 12.0. The normalized spacial score (nSPS) is 15.6. The number of carbonyl (C=O) groups excluding carboxylic acids is 1. The minimum atomic E-state index is -0.490.